The summed E-state index contributed by atoms with van der Waals surface area (Å²) >= 11 is 6.20. The van der Waals surface area contributed by atoms with Crippen molar-refractivity contribution in [1.82, 2.24) is 0 Å². The summed E-state index contributed by atoms with van der Waals surface area (Å²) in [5.74, 6) is 2.07. The van der Waals surface area contributed by atoms with Crippen molar-refractivity contribution in [3.05, 3.63) is 47.0 Å². The normalized spacial score (nSPS) is 12.7. The number of amides is 1. The van der Waals surface area contributed by atoms with Crippen LogP contribution in [-0.4, -0.2) is 32.8 Å². The smallest absolute Gasteiger partial charge is 0.248 e. The van der Waals surface area contributed by atoms with Crippen LogP contribution in [0.3, 0.4) is 0 Å². The Morgan fingerprint density at radius 1 is 1.19 bits per heavy atom. The molecule has 0 unspecified atom stereocenters. The third kappa shape index (κ3) is 4.65. The molecule has 1 aliphatic rings. The average Bonchev–Trinajstić information content (AvgIpc) is 2.68. The average molecular weight is 390 g/mol. The van der Waals surface area contributed by atoms with Crippen molar-refractivity contribution >= 4 is 29.3 Å². The summed E-state index contributed by atoms with van der Waals surface area (Å²) < 4.78 is 21.8. The first kappa shape index (κ1) is 18.9. The SMILES string of the molecule is CCOc1ccc(/C=C/C(=O)Nc2cc3c(cc2Cl)OCCO3)cc1OC. The van der Waals surface area contributed by atoms with Crippen molar-refractivity contribution in [3.8, 4) is 23.0 Å². The minimum absolute atomic E-state index is 0.318. The second kappa shape index (κ2) is 8.68. The molecular formula is C20H20ClNO5. The number of hydrogen-bond donors (Lipinski definition) is 1. The minimum atomic E-state index is -0.318. The van der Waals surface area contributed by atoms with Crippen LogP contribution in [0.25, 0.3) is 6.08 Å². The Bertz CT molecular complexity index is 866. The van der Waals surface area contributed by atoms with Gasteiger partial charge in [0.1, 0.15) is 13.2 Å². The summed E-state index contributed by atoms with van der Waals surface area (Å²) in [7, 11) is 1.57. The Morgan fingerprint density at radius 2 is 1.93 bits per heavy atom. The lowest BCUT2D eigenvalue weighted by Crippen LogP contribution is -2.16. The number of carbonyl (C=O) groups is 1. The number of nitrogens with one attached hydrogen (secondary N) is 1. The van der Waals surface area contributed by atoms with Crippen LogP contribution in [0.2, 0.25) is 5.02 Å². The van der Waals surface area contributed by atoms with Crippen LogP contribution >= 0.6 is 11.6 Å². The van der Waals surface area contributed by atoms with Gasteiger partial charge in [-0.2, -0.15) is 0 Å². The highest BCUT2D eigenvalue weighted by Crippen LogP contribution is 2.38. The molecule has 1 amide bonds. The fourth-order valence-electron chi connectivity index (χ4n) is 2.57. The quantitative estimate of drug-likeness (QED) is 0.751. The van der Waals surface area contributed by atoms with Gasteiger partial charge in [-0.3, -0.25) is 4.79 Å². The van der Waals surface area contributed by atoms with Crippen molar-refractivity contribution in [2.24, 2.45) is 0 Å². The Hall–Kier alpha value is -2.86. The van der Waals surface area contributed by atoms with Crippen LogP contribution in [0, 0.1) is 0 Å². The van der Waals surface area contributed by atoms with Crippen LogP contribution in [0.15, 0.2) is 36.4 Å². The molecule has 0 saturated carbocycles. The van der Waals surface area contributed by atoms with E-state index in [4.69, 9.17) is 30.5 Å². The number of benzene rings is 2. The molecule has 7 heteroatoms. The van der Waals surface area contributed by atoms with Crippen molar-refractivity contribution in [2.75, 3.05) is 32.2 Å². The standard InChI is InChI=1S/C20H20ClNO5/c1-3-25-16-6-4-13(10-17(16)24-2)5-7-20(23)22-15-12-19-18(11-14(15)21)26-8-9-27-19/h4-7,10-12H,3,8-9H2,1-2H3,(H,22,23)/b7-5+. The van der Waals surface area contributed by atoms with Gasteiger partial charge in [-0.05, 0) is 30.7 Å². The topological polar surface area (TPSA) is 66.0 Å². The molecule has 2 aromatic carbocycles. The summed E-state index contributed by atoms with van der Waals surface area (Å²) in [4.78, 5) is 12.2. The molecule has 0 atom stereocenters. The van der Waals surface area contributed by atoms with Gasteiger partial charge in [-0.15, -0.1) is 0 Å². The first-order valence-electron chi connectivity index (χ1n) is 8.49. The van der Waals surface area contributed by atoms with Crippen molar-refractivity contribution in [1.29, 1.82) is 0 Å². The van der Waals surface area contributed by atoms with E-state index in [0.29, 0.717) is 53.5 Å². The summed E-state index contributed by atoms with van der Waals surface area (Å²) in [6.07, 6.45) is 3.10. The monoisotopic (exact) mass is 389 g/mol. The minimum Gasteiger partial charge on any atom is -0.493 e. The molecule has 1 heterocycles. The van der Waals surface area contributed by atoms with E-state index in [0.717, 1.165) is 5.56 Å². The maximum atomic E-state index is 12.2. The highest BCUT2D eigenvalue weighted by Gasteiger charge is 2.15. The number of methoxy groups -OCH3 is 1. The largest absolute Gasteiger partial charge is 0.493 e. The Balaban J connectivity index is 1.70. The van der Waals surface area contributed by atoms with Gasteiger partial charge in [0.15, 0.2) is 23.0 Å². The van der Waals surface area contributed by atoms with Gasteiger partial charge in [-0.25, -0.2) is 0 Å². The van der Waals surface area contributed by atoms with Crippen LogP contribution < -0.4 is 24.3 Å². The Kier molecular flexibility index (Phi) is 6.08. The van der Waals surface area contributed by atoms with E-state index in [1.165, 1.54) is 6.08 Å². The van der Waals surface area contributed by atoms with Gasteiger partial charge in [0.05, 0.1) is 24.4 Å². The zero-order valence-corrected chi connectivity index (χ0v) is 15.8. The fourth-order valence-corrected chi connectivity index (χ4v) is 2.77. The molecule has 0 bridgehead atoms. The van der Waals surface area contributed by atoms with E-state index in [9.17, 15) is 4.79 Å². The molecule has 0 radical (unpaired) electrons. The molecule has 1 N–H and O–H groups in total. The zero-order chi connectivity index (χ0) is 19.2. The first-order chi connectivity index (χ1) is 13.1. The summed E-state index contributed by atoms with van der Waals surface area (Å²) in [6.45, 7) is 3.38. The molecule has 142 valence electrons. The lowest BCUT2D eigenvalue weighted by atomic mass is 10.2. The first-order valence-corrected chi connectivity index (χ1v) is 8.87. The number of ether oxygens (including phenoxy) is 4. The number of rotatable bonds is 6. The molecule has 0 aliphatic carbocycles. The number of carbonyl (C=O) groups excluding carboxylic acids is 1. The van der Waals surface area contributed by atoms with Gasteiger partial charge in [0, 0.05) is 18.2 Å². The fraction of sp³-hybridized carbons (Fsp3) is 0.250. The van der Waals surface area contributed by atoms with Gasteiger partial charge in [0.2, 0.25) is 5.91 Å². The van der Waals surface area contributed by atoms with Crippen LogP contribution in [0.5, 0.6) is 23.0 Å². The van der Waals surface area contributed by atoms with E-state index in [-0.39, 0.29) is 5.91 Å². The summed E-state index contributed by atoms with van der Waals surface area (Å²) in [5, 5.41) is 3.12. The van der Waals surface area contributed by atoms with Gasteiger partial charge < -0.3 is 24.3 Å². The predicted molar refractivity (Wildman–Crippen MR) is 104 cm³/mol. The molecule has 0 aromatic heterocycles. The third-order valence-electron chi connectivity index (χ3n) is 3.80. The van der Waals surface area contributed by atoms with Crippen LogP contribution in [-0.2, 0) is 4.79 Å². The molecule has 6 nitrogen and oxygen atoms in total. The highest BCUT2D eigenvalue weighted by molar-refractivity contribution is 6.34. The predicted octanol–water partition coefficient (Wildman–Crippen LogP) is 4.17. The van der Waals surface area contributed by atoms with Crippen LogP contribution in [0.4, 0.5) is 5.69 Å². The van der Waals surface area contributed by atoms with E-state index in [1.54, 1.807) is 37.5 Å². The second-order valence-corrected chi connectivity index (χ2v) is 6.05. The summed E-state index contributed by atoms with van der Waals surface area (Å²) in [6, 6.07) is 8.73. The maximum absolute atomic E-state index is 12.2. The zero-order valence-electron chi connectivity index (χ0n) is 15.1. The number of hydrogen-bond acceptors (Lipinski definition) is 5. The van der Waals surface area contributed by atoms with Gasteiger partial charge >= 0.3 is 0 Å². The van der Waals surface area contributed by atoms with Gasteiger partial charge in [-0.1, -0.05) is 17.7 Å². The lowest BCUT2D eigenvalue weighted by molar-refractivity contribution is -0.111. The van der Waals surface area contributed by atoms with E-state index in [2.05, 4.69) is 5.32 Å². The van der Waals surface area contributed by atoms with Gasteiger partial charge in [0.25, 0.3) is 0 Å². The highest BCUT2D eigenvalue weighted by atomic mass is 35.5. The third-order valence-corrected chi connectivity index (χ3v) is 4.12. The van der Waals surface area contributed by atoms with Crippen LogP contribution in [0.1, 0.15) is 12.5 Å². The van der Waals surface area contributed by atoms with Crippen molar-refractivity contribution < 1.29 is 23.7 Å². The number of fused-ring (bicyclic) bond motifs is 1. The van der Waals surface area contributed by atoms with E-state index < -0.39 is 0 Å². The molecular weight excluding hydrogens is 370 g/mol. The Morgan fingerprint density at radius 3 is 2.63 bits per heavy atom. The molecule has 3 rings (SSSR count). The lowest BCUT2D eigenvalue weighted by Gasteiger charge is -2.19. The molecule has 0 spiro atoms. The second-order valence-electron chi connectivity index (χ2n) is 5.64. The molecule has 2 aromatic rings. The summed E-state index contributed by atoms with van der Waals surface area (Å²) in [5.41, 5.74) is 1.26. The molecule has 0 fully saturated rings. The van der Waals surface area contributed by atoms with Crippen molar-refractivity contribution in [3.63, 3.8) is 0 Å². The van der Waals surface area contributed by atoms with E-state index >= 15 is 0 Å². The number of anilines is 1. The Labute approximate surface area is 162 Å². The van der Waals surface area contributed by atoms with E-state index in [1.807, 2.05) is 13.0 Å². The maximum Gasteiger partial charge on any atom is 0.248 e. The molecule has 0 saturated heterocycles. The molecule has 1 aliphatic heterocycles. The molecule has 27 heavy (non-hydrogen) atoms. The van der Waals surface area contributed by atoms with Crippen molar-refractivity contribution in [2.45, 2.75) is 6.92 Å². The number of halogens is 1.